The predicted molar refractivity (Wildman–Crippen MR) is 155 cm³/mol. The summed E-state index contributed by atoms with van der Waals surface area (Å²) in [6, 6.07) is 6.80. The topological polar surface area (TPSA) is 141 Å². The lowest BCUT2D eigenvalue weighted by Crippen LogP contribution is -3.00. The number of quaternary nitrogens is 1. The van der Waals surface area contributed by atoms with Crippen LogP contribution in [-0.4, -0.2) is 60.5 Å². The molecular formula is C26H28BrCl2N9O3. The molecular weight excluding hydrogens is 637 g/mol. The number of fused-ring (bicyclic) bond motifs is 1. The van der Waals surface area contributed by atoms with Crippen LogP contribution in [0.15, 0.2) is 48.9 Å². The SMILES string of the molecule is CCc1nc([N+](=O)[O-])c(C[N+](C)(C)C/C=C/C(=O)Nc2cc3c(Nc4ccc(Cl)c(Cl)c4)ncnc3cn2)n1C.[Br-]. The second kappa shape index (κ2) is 13.3. The molecule has 216 valence electrons. The Morgan fingerprint density at radius 3 is 2.61 bits per heavy atom. The molecule has 3 aromatic heterocycles. The summed E-state index contributed by atoms with van der Waals surface area (Å²) in [5.41, 5.74) is 1.81. The Kier molecular flexibility index (Phi) is 10.4. The van der Waals surface area contributed by atoms with E-state index in [0.29, 0.717) is 73.8 Å². The van der Waals surface area contributed by atoms with Gasteiger partial charge in [0.2, 0.25) is 11.7 Å². The second-order valence-electron chi connectivity index (χ2n) is 9.70. The van der Waals surface area contributed by atoms with E-state index in [1.807, 2.05) is 21.0 Å². The molecule has 3 heterocycles. The Balaban J connectivity index is 0.00000462. The summed E-state index contributed by atoms with van der Waals surface area (Å²) in [4.78, 5) is 40.7. The van der Waals surface area contributed by atoms with Crippen molar-refractivity contribution in [1.29, 1.82) is 0 Å². The largest absolute Gasteiger partial charge is 1.00 e. The summed E-state index contributed by atoms with van der Waals surface area (Å²) in [6.45, 7) is 2.72. The molecule has 1 amide bonds. The molecule has 2 N–H and O–H groups in total. The average Bonchev–Trinajstić information content (AvgIpc) is 3.21. The first-order valence-corrected chi connectivity index (χ1v) is 13.0. The fourth-order valence-electron chi connectivity index (χ4n) is 4.13. The first-order valence-electron chi connectivity index (χ1n) is 12.3. The van der Waals surface area contributed by atoms with Gasteiger partial charge in [0.15, 0.2) is 5.69 Å². The molecule has 1 aromatic carbocycles. The minimum atomic E-state index is -0.453. The lowest BCUT2D eigenvalue weighted by atomic mass is 10.2. The third-order valence-corrected chi connectivity index (χ3v) is 6.92. The van der Waals surface area contributed by atoms with Crippen molar-refractivity contribution in [2.75, 3.05) is 31.3 Å². The maximum atomic E-state index is 12.7. The Labute approximate surface area is 256 Å². The first kappa shape index (κ1) is 31.9. The molecule has 0 radical (unpaired) electrons. The maximum Gasteiger partial charge on any atom is 0.391 e. The zero-order valence-electron chi connectivity index (χ0n) is 22.7. The van der Waals surface area contributed by atoms with Gasteiger partial charge < -0.3 is 46.8 Å². The monoisotopic (exact) mass is 663 g/mol. The average molecular weight is 665 g/mol. The van der Waals surface area contributed by atoms with E-state index >= 15 is 0 Å². The number of hydrogen-bond acceptors (Lipinski definition) is 8. The van der Waals surface area contributed by atoms with Gasteiger partial charge in [-0.1, -0.05) is 30.1 Å². The number of amides is 1. The predicted octanol–water partition coefficient (Wildman–Crippen LogP) is 2.05. The number of likely N-dealkylation sites (N-methyl/N-ethyl adjacent to an activating group) is 1. The van der Waals surface area contributed by atoms with Crippen LogP contribution in [0.1, 0.15) is 18.4 Å². The minimum Gasteiger partial charge on any atom is -1.00 e. The molecule has 0 unspecified atom stereocenters. The number of rotatable bonds is 10. The highest BCUT2D eigenvalue weighted by atomic mass is 79.9. The van der Waals surface area contributed by atoms with Crippen LogP contribution in [0.25, 0.3) is 10.9 Å². The summed E-state index contributed by atoms with van der Waals surface area (Å²) in [5, 5.41) is 18.9. The molecule has 41 heavy (non-hydrogen) atoms. The Bertz CT molecular complexity index is 1630. The van der Waals surface area contributed by atoms with Crippen molar-refractivity contribution in [2.24, 2.45) is 7.05 Å². The van der Waals surface area contributed by atoms with Crippen LogP contribution >= 0.6 is 23.2 Å². The van der Waals surface area contributed by atoms with Crippen LogP contribution in [0.5, 0.6) is 0 Å². The van der Waals surface area contributed by atoms with Crippen LogP contribution in [0.3, 0.4) is 0 Å². The molecule has 15 heteroatoms. The van der Waals surface area contributed by atoms with E-state index in [1.165, 1.54) is 12.4 Å². The van der Waals surface area contributed by atoms with Gasteiger partial charge in [-0.05, 0) is 40.2 Å². The van der Waals surface area contributed by atoms with E-state index in [-0.39, 0.29) is 28.7 Å². The first-order chi connectivity index (χ1) is 19.0. The van der Waals surface area contributed by atoms with Gasteiger partial charge in [0.05, 0.1) is 42.4 Å². The molecule has 0 aliphatic heterocycles. The molecule has 0 aliphatic rings. The lowest BCUT2D eigenvalue weighted by molar-refractivity contribution is -0.898. The van der Waals surface area contributed by atoms with Crippen molar-refractivity contribution in [3.8, 4) is 0 Å². The van der Waals surface area contributed by atoms with Gasteiger partial charge in [0.25, 0.3) is 0 Å². The number of benzene rings is 1. The Morgan fingerprint density at radius 1 is 1.17 bits per heavy atom. The van der Waals surface area contributed by atoms with Gasteiger partial charge >= 0.3 is 5.82 Å². The van der Waals surface area contributed by atoms with E-state index in [1.54, 1.807) is 48.2 Å². The van der Waals surface area contributed by atoms with Gasteiger partial charge in [-0.2, -0.15) is 0 Å². The quantitative estimate of drug-likeness (QED) is 0.114. The van der Waals surface area contributed by atoms with Crippen LogP contribution in [-0.2, 0) is 24.8 Å². The molecule has 0 spiro atoms. The number of imidazole rings is 1. The number of nitrogens with zero attached hydrogens (tertiary/aromatic N) is 7. The van der Waals surface area contributed by atoms with Gasteiger partial charge in [-0.15, -0.1) is 0 Å². The molecule has 4 aromatic rings. The molecule has 4 rings (SSSR count). The summed E-state index contributed by atoms with van der Waals surface area (Å²) in [6.07, 6.45) is 6.68. The molecule has 0 bridgehead atoms. The van der Waals surface area contributed by atoms with Gasteiger partial charge in [0.1, 0.15) is 24.5 Å². The van der Waals surface area contributed by atoms with Crippen LogP contribution in [0.4, 0.5) is 23.1 Å². The zero-order valence-corrected chi connectivity index (χ0v) is 25.8. The lowest BCUT2D eigenvalue weighted by Gasteiger charge is -2.28. The summed E-state index contributed by atoms with van der Waals surface area (Å²) in [5.74, 6) is 0.973. The van der Waals surface area contributed by atoms with E-state index in [9.17, 15) is 14.9 Å². The van der Waals surface area contributed by atoms with Crippen molar-refractivity contribution in [1.82, 2.24) is 24.5 Å². The van der Waals surface area contributed by atoms with Crippen LogP contribution in [0, 0.1) is 10.1 Å². The number of carbonyl (C=O) groups excluding carboxylic acids is 1. The number of aryl methyl sites for hydroxylation is 1. The van der Waals surface area contributed by atoms with E-state index in [4.69, 9.17) is 23.2 Å². The number of hydrogen-bond donors (Lipinski definition) is 2. The minimum absolute atomic E-state index is 0. The van der Waals surface area contributed by atoms with E-state index in [2.05, 4.69) is 30.6 Å². The van der Waals surface area contributed by atoms with E-state index < -0.39 is 4.92 Å². The van der Waals surface area contributed by atoms with Gasteiger partial charge in [0, 0.05) is 30.6 Å². The third kappa shape index (κ3) is 7.76. The third-order valence-electron chi connectivity index (χ3n) is 6.18. The normalized spacial score (nSPS) is 11.5. The number of carbonyl (C=O) groups is 1. The maximum absolute atomic E-state index is 12.7. The number of aromatic nitrogens is 5. The molecule has 0 atom stereocenters. The molecule has 0 aliphatic carbocycles. The summed E-state index contributed by atoms with van der Waals surface area (Å²) >= 11 is 12.1. The van der Waals surface area contributed by atoms with Gasteiger partial charge in [-0.25, -0.2) is 15.0 Å². The fraction of sp³-hybridized carbons (Fsp3) is 0.269. The number of nitro groups is 1. The number of pyridine rings is 1. The van der Waals surface area contributed by atoms with Crippen molar-refractivity contribution in [3.05, 3.63) is 80.6 Å². The highest BCUT2D eigenvalue weighted by Gasteiger charge is 2.30. The Morgan fingerprint density at radius 2 is 1.93 bits per heavy atom. The van der Waals surface area contributed by atoms with Crippen LogP contribution < -0.4 is 27.6 Å². The van der Waals surface area contributed by atoms with Crippen molar-refractivity contribution in [2.45, 2.75) is 19.9 Å². The molecule has 0 fully saturated rings. The number of nitrogens with one attached hydrogen (secondary N) is 2. The van der Waals surface area contributed by atoms with Crippen molar-refractivity contribution in [3.63, 3.8) is 0 Å². The zero-order chi connectivity index (χ0) is 29.0. The second-order valence-corrected chi connectivity index (χ2v) is 10.5. The highest BCUT2D eigenvalue weighted by molar-refractivity contribution is 6.42. The van der Waals surface area contributed by atoms with Crippen molar-refractivity contribution >= 4 is 63.2 Å². The van der Waals surface area contributed by atoms with E-state index in [0.717, 1.165) is 0 Å². The Hall–Kier alpha value is -3.65. The fourth-order valence-corrected chi connectivity index (χ4v) is 4.43. The molecule has 0 saturated carbocycles. The highest BCUT2D eigenvalue weighted by Crippen LogP contribution is 2.29. The molecule has 0 saturated heterocycles. The number of halogens is 3. The number of anilines is 3. The summed E-state index contributed by atoms with van der Waals surface area (Å²) in [7, 11) is 5.64. The van der Waals surface area contributed by atoms with Gasteiger partial charge in [-0.3, -0.25) is 4.79 Å². The molecule has 12 nitrogen and oxygen atoms in total. The smallest absolute Gasteiger partial charge is 0.391 e. The summed E-state index contributed by atoms with van der Waals surface area (Å²) < 4.78 is 2.15. The van der Waals surface area contributed by atoms with Crippen LogP contribution in [0.2, 0.25) is 10.0 Å². The van der Waals surface area contributed by atoms with Crippen molar-refractivity contribution < 1.29 is 31.2 Å². The standard InChI is InChI=1S/C26H27Cl2N9O3.BrH/c1-5-23-34-26(36(39)40)21(35(23)2)14-37(3,4)10-6-7-24(38)33-22-12-17-20(13-29-22)30-15-31-25(17)32-16-8-9-18(27)19(28)11-16;/h6-9,11-13,15H,5,10,14H2,1-4H3,(H-,29,30,31,32,33,38);1H/b7-6+;.